The second kappa shape index (κ2) is 7.79. The van der Waals surface area contributed by atoms with Gasteiger partial charge in [-0.2, -0.15) is 5.26 Å². The van der Waals surface area contributed by atoms with Crippen molar-refractivity contribution >= 4 is 11.4 Å². The normalized spacial score (nSPS) is 10.8. The topological polar surface area (TPSA) is 53.0 Å². The van der Waals surface area contributed by atoms with Gasteiger partial charge in [-0.1, -0.05) is 27.7 Å². The standard InChI is InChI=1S/C17H27N3/c1-13(2)7-9-20(10-8-14(3)4)17-6-5-16(19)11-15(17)12-18/h5-6,11,13-14H,7-10,19H2,1-4H3. The molecule has 1 rings (SSSR count). The Balaban J connectivity index is 2.93. The van der Waals surface area contributed by atoms with Gasteiger partial charge in [0, 0.05) is 18.8 Å². The maximum atomic E-state index is 9.31. The Morgan fingerprint density at radius 1 is 1.10 bits per heavy atom. The Bertz CT molecular complexity index is 446. The first-order chi connectivity index (χ1) is 9.43. The molecule has 0 atom stereocenters. The molecule has 20 heavy (non-hydrogen) atoms. The Labute approximate surface area is 123 Å². The number of rotatable bonds is 7. The second-order valence-corrected chi connectivity index (χ2v) is 6.24. The van der Waals surface area contributed by atoms with Crippen molar-refractivity contribution in [2.45, 2.75) is 40.5 Å². The molecule has 1 aromatic carbocycles. The largest absolute Gasteiger partial charge is 0.399 e. The summed E-state index contributed by atoms with van der Waals surface area (Å²) in [4.78, 5) is 2.33. The maximum Gasteiger partial charge on any atom is 0.101 e. The molecule has 0 aliphatic carbocycles. The monoisotopic (exact) mass is 273 g/mol. The van der Waals surface area contributed by atoms with Crippen molar-refractivity contribution in [3.8, 4) is 6.07 Å². The zero-order valence-corrected chi connectivity index (χ0v) is 13.2. The second-order valence-electron chi connectivity index (χ2n) is 6.24. The maximum absolute atomic E-state index is 9.31. The number of hydrogen-bond acceptors (Lipinski definition) is 3. The van der Waals surface area contributed by atoms with Crippen LogP contribution in [0.25, 0.3) is 0 Å². The number of nitrogen functional groups attached to an aromatic ring is 1. The van der Waals surface area contributed by atoms with Crippen molar-refractivity contribution < 1.29 is 0 Å². The molecule has 110 valence electrons. The Hall–Kier alpha value is -1.69. The fourth-order valence-electron chi connectivity index (χ4n) is 2.10. The summed E-state index contributed by atoms with van der Waals surface area (Å²) in [6.45, 7) is 10.9. The number of nitrogens with zero attached hydrogens (tertiary/aromatic N) is 2. The lowest BCUT2D eigenvalue weighted by Gasteiger charge is -2.27. The minimum Gasteiger partial charge on any atom is -0.399 e. The molecule has 0 amide bonds. The first-order valence-corrected chi connectivity index (χ1v) is 7.48. The van der Waals surface area contributed by atoms with Gasteiger partial charge in [-0.3, -0.25) is 0 Å². The van der Waals surface area contributed by atoms with Gasteiger partial charge in [0.25, 0.3) is 0 Å². The first-order valence-electron chi connectivity index (χ1n) is 7.48. The van der Waals surface area contributed by atoms with Crippen molar-refractivity contribution in [3.05, 3.63) is 23.8 Å². The number of hydrogen-bond donors (Lipinski definition) is 1. The van der Waals surface area contributed by atoms with Gasteiger partial charge in [0.15, 0.2) is 0 Å². The van der Waals surface area contributed by atoms with E-state index < -0.39 is 0 Å². The van der Waals surface area contributed by atoms with Crippen molar-refractivity contribution in [2.24, 2.45) is 11.8 Å². The molecule has 0 aromatic heterocycles. The first kappa shape index (κ1) is 16.4. The fraction of sp³-hybridized carbons (Fsp3) is 0.588. The molecule has 0 aliphatic heterocycles. The van der Waals surface area contributed by atoms with Crippen molar-refractivity contribution in [1.29, 1.82) is 5.26 Å². The molecule has 1 aromatic rings. The summed E-state index contributed by atoms with van der Waals surface area (Å²) in [6.07, 6.45) is 2.26. The molecule has 0 unspecified atom stereocenters. The van der Waals surface area contributed by atoms with Crippen LogP contribution in [-0.2, 0) is 0 Å². The highest BCUT2D eigenvalue weighted by atomic mass is 15.1. The van der Waals surface area contributed by atoms with Gasteiger partial charge in [-0.25, -0.2) is 0 Å². The van der Waals surface area contributed by atoms with Crippen LogP contribution in [0, 0.1) is 23.2 Å². The van der Waals surface area contributed by atoms with E-state index in [0.29, 0.717) is 23.1 Å². The quantitative estimate of drug-likeness (QED) is 0.763. The lowest BCUT2D eigenvalue weighted by molar-refractivity contribution is 0.535. The predicted octanol–water partition coefficient (Wildman–Crippen LogP) is 4.04. The minimum absolute atomic E-state index is 0.651. The van der Waals surface area contributed by atoms with E-state index in [2.05, 4.69) is 38.7 Å². The Morgan fingerprint density at radius 3 is 2.10 bits per heavy atom. The number of anilines is 2. The molecular weight excluding hydrogens is 246 g/mol. The summed E-state index contributed by atoms with van der Waals surface area (Å²) >= 11 is 0. The molecule has 0 heterocycles. The number of benzene rings is 1. The van der Waals surface area contributed by atoms with E-state index in [1.165, 1.54) is 0 Å². The molecule has 0 saturated carbocycles. The fourth-order valence-corrected chi connectivity index (χ4v) is 2.10. The van der Waals surface area contributed by atoms with Gasteiger partial charge in [0.1, 0.15) is 6.07 Å². The van der Waals surface area contributed by atoms with Crippen LogP contribution in [0.15, 0.2) is 18.2 Å². The molecule has 0 spiro atoms. The third-order valence-electron chi connectivity index (χ3n) is 3.43. The zero-order chi connectivity index (χ0) is 15.1. The van der Waals surface area contributed by atoms with Crippen LogP contribution in [0.5, 0.6) is 0 Å². The Morgan fingerprint density at radius 2 is 1.65 bits per heavy atom. The molecule has 0 fully saturated rings. The van der Waals surface area contributed by atoms with E-state index in [1.807, 2.05) is 12.1 Å². The van der Waals surface area contributed by atoms with Crippen LogP contribution < -0.4 is 10.6 Å². The summed E-state index contributed by atoms with van der Waals surface area (Å²) < 4.78 is 0. The molecule has 3 heteroatoms. The Kier molecular flexibility index (Phi) is 6.38. The highest BCUT2D eigenvalue weighted by molar-refractivity contribution is 5.64. The van der Waals surface area contributed by atoms with Gasteiger partial charge >= 0.3 is 0 Å². The van der Waals surface area contributed by atoms with Crippen LogP contribution in [0.1, 0.15) is 46.1 Å². The van der Waals surface area contributed by atoms with Crippen LogP contribution in [0.2, 0.25) is 0 Å². The number of nitriles is 1. The van der Waals surface area contributed by atoms with Gasteiger partial charge < -0.3 is 10.6 Å². The molecule has 0 saturated heterocycles. The van der Waals surface area contributed by atoms with E-state index in [9.17, 15) is 5.26 Å². The molecular formula is C17H27N3. The lowest BCUT2D eigenvalue weighted by Crippen LogP contribution is -2.28. The molecule has 2 N–H and O–H groups in total. The summed E-state index contributed by atoms with van der Waals surface area (Å²) in [7, 11) is 0. The van der Waals surface area contributed by atoms with Crippen LogP contribution in [-0.4, -0.2) is 13.1 Å². The third-order valence-corrected chi connectivity index (χ3v) is 3.43. The van der Waals surface area contributed by atoms with Gasteiger partial charge in [0.05, 0.1) is 11.3 Å². The zero-order valence-electron chi connectivity index (χ0n) is 13.2. The summed E-state index contributed by atoms with van der Waals surface area (Å²) in [5, 5.41) is 9.31. The molecule has 0 radical (unpaired) electrons. The van der Waals surface area contributed by atoms with Crippen molar-refractivity contribution in [1.82, 2.24) is 0 Å². The van der Waals surface area contributed by atoms with Crippen molar-refractivity contribution in [3.63, 3.8) is 0 Å². The third kappa shape index (κ3) is 5.13. The van der Waals surface area contributed by atoms with E-state index in [-0.39, 0.29) is 0 Å². The molecule has 0 aliphatic rings. The number of nitrogens with two attached hydrogens (primary N) is 1. The highest BCUT2D eigenvalue weighted by Gasteiger charge is 2.13. The van der Waals surface area contributed by atoms with E-state index in [1.54, 1.807) is 6.07 Å². The minimum atomic E-state index is 0.651. The van der Waals surface area contributed by atoms with Crippen LogP contribution >= 0.6 is 0 Å². The highest BCUT2D eigenvalue weighted by Crippen LogP contribution is 2.24. The summed E-state index contributed by atoms with van der Waals surface area (Å²) in [6, 6.07) is 7.90. The lowest BCUT2D eigenvalue weighted by atomic mass is 10.1. The van der Waals surface area contributed by atoms with Gasteiger partial charge in [-0.15, -0.1) is 0 Å². The van der Waals surface area contributed by atoms with E-state index in [0.717, 1.165) is 31.6 Å². The smallest absolute Gasteiger partial charge is 0.101 e. The molecule has 3 nitrogen and oxygen atoms in total. The van der Waals surface area contributed by atoms with Gasteiger partial charge in [-0.05, 0) is 42.9 Å². The molecule has 0 bridgehead atoms. The summed E-state index contributed by atoms with van der Waals surface area (Å²) in [5.41, 5.74) is 8.12. The predicted molar refractivity (Wildman–Crippen MR) is 86.7 cm³/mol. The van der Waals surface area contributed by atoms with Crippen LogP contribution in [0.3, 0.4) is 0 Å². The van der Waals surface area contributed by atoms with Crippen molar-refractivity contribution in [2.75, 3.05) is 23.7 Å². The van der Waals surface area contributed by atoms with E-state index in [4.69, 9.17) is 5.73 Å². The summed E-state index contributed by atoms with van der Waals surface area (Å²) in [5.74, 6) is 1.33. The average Bonchev–Trinajstić information content (AvgIpc) is 2.38. The van der Waals surface area contributed by atoms with E-state index >= 15 is 0 Å². The van der Waals surface area contributed by atoms with Gasteiger partial charge in [0.2, 0.25) is 0 Å². The average molecular weight is 273 g/mol. The van der Waals surface area contributed by atoms with Crippen LogP contribution in [0.4, 0.5) is 11.4 Å². The SMILES string of the molecule is CC(C)CCN(CCC(C)C)c1ccc(N)cc1C#N.